The molecular formula is C15H21NO. The highest BCUT2D eigenvalue weighted by Crippen LogP contribution is 2.28. The fraction of sp³-hybridized carbons (Fsp3) is 0.533. The van der Waals surface area contributed by atoms with Crippen LogP contribution in [0, 0.1) is 5.92 Å². The van der Waals surface area contributed by atoms with Gasteiger partial charge in [-0.05, 0) is 29.5 Å². The van der Waals surface area contributed by atoms with Gasteiger partial charge < -0.3 is 4.42 Å². The molecule has 2 rings (SSSR count). The van der Waals surface area contributed by atoms with E-state index in [0.29, 0.717) is 17.8 Å². The zero-order chi connectivity index (χ0) is 12.6. The lowest BCUT2D eigenvalue weighted by Gasteiger charge is -2.09. The lowest BCUT2D eigenvalue weighted by atomic mass is 9.98. The van der Waals surface area contributed by atoms with E-state index < -0.39 is 0 Å². The molecule has 0 radical (unpaired) electrons. The second-order valence-electron chi connectivity index (χ2n) is 5.47. The van der Waals surface area contributed by atoms with Gasteiger partial charge >= 0.3 is 0 Å². The van der Waals surface area contributed by atoms with Gasteiger partial charge in [-0.2, -0.15) is 0 Å². The first-order chi connectivity index (χ1) is 7.99. The van der Waals surface area contributed by atoms with Gasteiger partial charge in [0.1, 0.15) is 5.52 Å². The third-order valence-electron chi connectivity index (χ3n) is 3.49. The van der Waals surface area contributed by atoms with Crippen LogP contribution in [0.25, 0.3) is 11.1 Å². The summed E-state index contributed by atoms with van der Waals surface area (Å²) < 4.78 is 5.87. The average molecular weight is 231 g/mol. The van der Waals surface area contributed by atoms with Crippen molar-refractivity contribution in [3.05, 3.63) is 29.7 Å². The van der Waals surface area contributed by atoms with Gasteiger partial charge in [-0.3, -0.25) is 0 Å². The summed E-state index contributed by atoms with van der Waals surface area (Å²) in [6, 6.07) is 6.31. The fourth-order valence-corrected chi connectivity index (χ4v) is 1.80. The Balaban J connectivity index is 2.43. The quantitative estimate of drug-likeness (QED) is 0.764. The van der Waals surface area contributed by atoms with Crippen LogP contribution in [0.3, 0.4) is 0 Å². The van der Waals surface area contributed by atoms with E-state index in [4.69, 9.17) is 4.42 Å². The van der Waals surface area contributed by atoms with Crippen LogP contribution in [-0.4, -0.2) is 4.98 Å². The summed E-state index contributed by atoms with van der Waals surface area (Å²) in [6.07, 6.45) is 0. The standard InChI is InChI=1S/C15H21NO/c1-9(2)11(5)15-16-13-7-6-12(10(3)4)8-14(13)17-15/h6-11H,1-5H3. The molecule has 1 aromatic heterocycles. The molecular weight excluding hydrogens is 210 g/mol. The molecule has 0 saturated carbocycles. The molecule has 17 heavy (non-hydrogen) atoms. The lowest BCUT2D eigenvalue weighted by molar-refractivity contribution is 0.416. The summed E-state index contributed by atoms with van der Waals surface area (Å²) in [6.45, 7) is 10.9. The van der Waals surface area contributed by atoms with Gasteiger partial charge in [0.05, 0.1) is 0 Å². The van der Waals surface area contributed by atoms with Crippen molar-refractivity contribution in [2.75, 3.05) is 0 Å². The third-order valence-corrected chi connectivity index (χ3v) is 3.49. The summed E-state index contributed by atoms with van der Waals surface area (Å²) in [5, 5.41) is 0. The molecule has 1 unspecified atom stereocenters. The van der Waals surface area contributed by atoms with E-state index in [1.807, 2.05) is 0 Å². The molecule has 2 aromatic rings. The van der Waals surface area contributed by atoms with Crippen LogP contribution in [0.1, 0.15) is 57.9 Å². The minimum absolute atomic E-state index is 0.366. The number of hydrogen-bond donors (Lipinski definition) is 0. The molecule has 1 heterocycles. The molecule has 2 nitrogen and oxygen atoms in total. The number of oxazole rings is 1. The lowest BCUT2D eigenvalue weighted by Crippen LogP contribution is -2.01. The Morgan fingerprint density at radius 2 is 1.76 bits per heavy atom. The van der Waals surface area contributed by atoms with Crippen molar-refractivity contribution in [2.45, 2.75) is 46.5 Å². The first kappa shape index (κ1) is 12.2. The number of aromatic nitrogens is 1. The van der Waals surface area contributed by atoms with Crippen LogP contribution in [0.2, 0.25) is 0 Å². The zero-order valence-electron chi connectivity index (χ0n) is 11.3. The van der Waals surface area contributed by atoms with Crippen molar-refractivity contribution in [1.82, 2.24) is 4.98 Å². The van der Waals surface area contributed by atoms with Gasteiger partial charge in [0.2, 0.25) is 0 Å². The molecule has 1 aromatic carbocycles. The first-order valence-electron chi connectivity index (χ1n) is 6.39. The maximum Gasteiger partial charge on any atom is 0.198 e. The van der Waals surface area contributed by atoms with Crippen molar-refractivity contribution in [3.63, 3.8) is 0 Å². The molecule has 0 bridgehead atoms. The van der Waals surface area contributed by atoms with E-state index in [2.05, 4.69) is 57.8 Å². The van der Waals surface area contributed by atoms with E-state index in [1.165, 1.54) is 5.56 Å². The highest BCUT2D eigenvalue weighted by molar-refractivity contribution is 5.73. The summed E-state index contributed by atoms with van der Waals surface area (Å²) >= 11 is 0. The number of hydrogen-bond acceptors (Lipinski definition) is 2. The Labute approximate surface area is 103 Å². The number of fused-ring (bicyclic) bond motifs is 1. The molecule has 0 N–H and O–H groups in total. The summed E-state index contributed by atoms with van der Waals surface area (Å²) in [4.78, 5) is 4.57. The summed E-state index contributed by atoms with van der Waals surface area (Å²) in [7, 11) is 0. The summed E-state index contributed by atoms with van der Waals surface area (Å²) in [5.74, 6) is 2.30. The Morgan fingerprint density at radius 1 is 1.06 bits per heavy atom. The first-order valence-corrected chi connectivity index (χ1v) is 6.39. The number of benzene rings is 1. The molecule has 0 aliphatic rings. The van der Waals surface area contributed by atoms with Crippen molar-refractivity contribution in [1.29, 1.82) is 0 Å². The molecule has 0 aliphatic carbocycles. The van der Waals surface area contributed by atoms with Crippen LogP contribution in [0.4, 0.5) is 0 Å². The van der Waals surface area contributed by atoms with Crippen molar-refractivity contribution in [2.24, 2.45) is 5.92 Å². The number of nitrogens with zero attached hydrogens (tertiary/aromatic N) is 1. The van der Waals surface area contributed by atoms with Crippen molar-refractivity contribution < 1.29 is 4.42 Å². The van der Waals surface area contributed by atoms with Crippen molar-refractivity contribution >= 4 is 11.1 Å². The van der Waals surface area contributed by atoms with E-state index >= 15 is 0 Å². The molecule has 0 fully saturated rings. The van der Waals surface area contributed by atoms with Gasteiger partial charge in [-0.25, -0.2) is 4.98 Å². The third kappa shape index (κ3) is 2.36. The van der Waals surface area contributed by atoms with Gasteiger partial charge in [0, 0.05) is 5.92 Å². The van der Waals surface area contributed by atoms with Gasteiger partial charge in [0.25, 0.3) is 0 Å². The minimum Gasteiger partial charge on any atom is -0.440 e. The Bertz CT molecular complexity index is 511. The van der Waals surface area contributed by atoms with Crippen LogP contribution >= 0.6 is 0 Å². The van der Waals surface area contributed by atoms with Crippen LogP contribution in [-0.2, 0) is 0 Å². The highest BCUT2D eigenvalue weighted by atomic mass is 16.3. The monoisotopic (exact) mass is 231 g/mol. The highest BCUT2D eigenvalue weighted by Gasteiger charge is 2.17. The average Bonchev–Trinajstić information content (AvgIpc) is 2.69. The summed E-state index contributed by atoms with van der Waals surface area (Å²) in [5.41, 5.74) is 3.19. The minimum atomic E-state index is 0.366. The van der Waals surface area contributed by atoms with E-state index in [-0.39, 0.29) is 0 Å². The predicted molar refractivity (Wildman–Crippen MR) is 71.4 cm³/mol. The Kier molecular flexibility index (Phi) is 3.23. The van der Waals surface area contributed by atoms with Crippen molar-refractivity contribution in [3.8, 4) is 0 Å². The molecule has 92 valence electrons. The molecule has 0 amide bonds. The second kappa shape index (κ2) is 4.52. The maximum atomic E-state index is 5.87. The van der Waals surface area contributed by atoms with Gasteiger partial charge in [-0.1, -0.05) is 40.7 Å². The van der Waals surface area contributed by atoms with E-state index in [1.54, 1.807) is 0 Å². The normalized spacial score (nSPS) is 13.8. The largest absolute Gasteiger partial charge is 0.440 e. The van der Waals surface area contributed by atoms with Crippen LogP contribution in [0.15, 0.2) is 22.6 Å². The Hall–Kier alpha value is -1.31. The molecule has 0 saturated heterocycles. The molecule has 2 heteroatoms. The van der Waals surface area contributed by atoms with Gasteiger partial charge in [-0.15, -0.1) is 0 Å². The zero-order valence-corrected chi connectivity index (χ0v) is 11.3. The fourth-order valence-electron chi connectivity index (χ4n) is 1.80. The smallest absolute Gasteiger partial charge is 0.198 e. The Morgan fingerprint density at radius 3 is 2.35 bits per heavy atom. The predicted octanol–water partition coefficient (Wildman–Crippen LogP) is 4.71. The molecule has 0 spiro atoms. The maximum absolute atomic E-state index is 5.87. The number of rotatable bonds is 3. The van der Waals surface area contributed by atoms with Gasteiger partial charge in [0.15, 0.2) is 11.5 Å². The SMILES string of the molecule is CC(C)c1ccc2nc(C(C)C(C)C)oc2c1. The second-order valence-corrected chi connectivity index (χ2v) is 5.47. The topological polar surface area (TPSA) is 26.0 Å². The van der Waals surface area contributed by atoms with E-state index in [0.717, 1.165) is 17.0 Å². The molecule has 0 aliphatic heterocycles. The van der Waals surface area contributed by atoms with Crippen LogP contribution in [0.5, 0.6) is 0 Å². The van der Waals surface area contributed by atoms with Crippen LogP contribution < -0.4 is 0 Å². The molecule has 1 atom stereocenters. The van der Waals surface area contributed by atoms with E-state index in [9.17, 15) is 0 Å².